The quantitative estimate of drug-likeness (QED) is 0.745. The molecule has 4 nitrogen and oxygen atoms in total. The van der Waals surface area contributed by atoms with E-state index >= 15 is 0 Å². The van der Waals surface area contributed by atoms with Crippen LogP contribution in [0.15, 0.2) is 48.1 Å². The molecule has 2 aromatic heterocycles. The fourth-order valence-electron chi connectivity index (χ4n) is 1.93. The summed E-state index contributed by atoms with van der Waals surface area (Å²) in [6, 6.07) is 8.58. The van der Waals surface area contributed by atoms with E-state index in [2.05, 4.69) is 15.3 Å². The lowest BCUT2D eigenvalue weighted by molar-refractivity contribution is 0.0951. The normalized spacial score (nSPS) is 10.5. The molecule has 2 heterocycles. The van der Waals surface area contributed by atoms with Gasteiger partial charge in [0.15, 0.2) is 0 Å². The molecule has 0 fully saturated rings. The van der Waals surface area contributed by atoms with Gasteiger partial charge in [-0.3, -0.25) is 9.78 Å². The summed E-state index contributed by atoms with van der Waals surface area (Å²) in [7, 11) is 0. The van der Waals surface area contributed by atoms with Crippen LogP contribution >= 0.6 is 34.5 Å². The Bertz CT molecular complexity index is 836. The third-order valence-electron chi connectivity index (χ3n) is 3.09. The number of amides is 1. The minimum absolute atomic E-state index is 0.221. The third kappa shape index (κ3) is 3.88. The topological polar surface area (TPSA) is 54.9 Å². The minimum Gasteiger partial charge on any atom is -0.346 e. The molecule has 0 aliphatic rings. The van der Waals surface area contributed by atoms with E-state index in [1.54, 1.807) is 30.6 Å². The highest BCUT2D eigenvalue weighted by atomic mass is 35.5. The molecule has 1 N–H and O–H groups in total. The standard InChI is InChI=1S/C16H11Cl2N3OS/c17-12-4-3-10(6-13(12)18)16(22)20-8-15-21-14(9-23-15)11-2-1-5-19-7-11/h1-7,9H,8H2,(H,20,22). The van der Waals surface area contributed by atoms with Crippen molar-refractivity contribution in [2.24, 2.45) is 0 Å². The van der Waals surface area contributed by atoms with Crippen molar-refractivity contribution in [2.45, 2.75) is 6.54 Å². The van der Waals surface area contributed by atoms with Crippen LogP contribution in [0.4, 0.5) is 0 Å². The van der Waals surface area contributed by atoms with Crippen molar-refractivity contribution in [1.29, 1.82) is 0 Å². The number of nitrogens with zero attached hydrogens (tertiary/aromatic N) is 2. The molecule has 0 spiro atoms. The third-order valence-corrected chi connectivity index (χ3v) is 4.68. The first-order valence-electron chi connectivity index (χ1n) is 6.71. The summed E-state index contributed by atoms with van der Waals surface area (Å²) in [4.78, 5) is 20.7. The first-order valence-corrected chi connectivity index (χ1v) is 8.35. The van der Waals surface area contributed by atoms with Gasteiger partial charge in [0.05, 0.1) is 22.3 Å². The number of carbonyl (C=O) groups is 1. The van der Waals surface area contributed by atoms with Gasteiger partial charge < -0.3 is 5.32 Å². The number of pyridine rings is 1. The van der Waals surface area contributed by atoms with Crippen LogP contribution in [0.2, 0.25) is 10.0 Å². The van der Waals surface area contributed by atoms with Gasteiger partial charge >= 0.3 is 0 Å². The predicted molar refractivity (Wildman–Crippen MR) is 93.0 cm³/mol. The van der Waals surface area contributed by atoms with Gasteiger partial charge in [0.2, 0.25) is 0 Å². The smallest absolute Gasteiger partial charge is 0.251 e. The first kappa shape index (κ1) is 15.9. The number of carbonyl (C=O) groups excluding carboxylic acids is 1. The van der Waals surface area contributed by atoms with E-state index in [-0.39, 0.29) is 5.91 Å². The Labute approximate surface area is 147 Å². The van der Waals surface area contributed by atoms with Crippen molar-refractivity contribution in [3.63, 3.8) is 0 Å². The molecule has 0 saturated heterocycles. The molecule has 0 aliphatic heterocycles. The number of halogens is 2. The molecule has 1 aromatic carbocycles. The second-order valence-electron chi connectivity index (χ2n) is 4.68. The van der Waals surface area contributed by atoms with E-state index < -0.39 is 0 Å². The number of thiazole rings is 1. The molecule has 3 rings (SSSR count). The molecule has 0 radical (unpaired) electrons. The van der Waals surface area contributed by atoms with Crippen LogP contribution in [0.25, 0.3) is 11.3 Å². The highest BCUT2D eigenvalue weighted by molar-refractivity contribution is 7.09. The molecule has 116 valence electrons. The monoisotopic (exact) mass is 363 g/mol. The van der Waals surface area contributed by atoms with Crippen molar-refractivity contribution in [3.05, 3.63) is 68.7 Å². The van der Waals surface area contributed by atoms with Crippen molar-refractivity contribution >= 4 is 40.4 Å². The van der Waals surface area contributed by atoms with Crippen molar-refractivity contribution < 1.29 is 4.79 Å². The van der Waals surface area contributed by atoms with Gasteiger partial charge in [0.25, 0.3) is 5.91 Å². The fourth-order valence-corrected chi connectivity index (χ4v) is 2.98. The lowest BCUT2D eigenvalue weighted by Gasteiger charge is -2.04. The Balaban J connectivity index is 1.65. The van der Waals surface area contributed by atoms with Crippen molar-refractivity contribution in [1.82, 2.24) is 15.3 Å². The van der Waals surface area contributed by atoms with Crippen LogP contribution in [-0.2, 0) is 6.54 Å². The summed E-state index contributed by atoms with van der Waals surface area (Å²) in [5.74, 6) is -0.221. The van der Waals surface area contributed by atoms with Crippen LogP contribution in [0, 0.1) is 0 Å². The van der Waals surface area contributed by atoms with Gasteiger partial charge in [-0.25, -0.2) is 4.98 Å². The summed E-state index contributed by atoms with van der Waals surface area (Å²) in [5, 5.41) is 6.35. The van der Waals surface area contributed by atoms with E-state index in [0.29, 0.717) is 22.2 Å². The molecule has 7 heteroatoms. The van der Waals surface area contributed by atoms with Gasteiger partial charge in [-0.05, 0) is 30.3 Å². The molecule has 3 aromatic rings. The van der Waals surface area contributed by atoms with Crippen LogP contribution < -0.4 is 5.32 Å². The van der Waals surface area contributed by atoms with Crippen LogP contribution in [0.5, 0.6) is 0 Å². The van der Waals surface area contributed by atoms with Gasteiger partial charge in [-0.1, -0.05) is 23.2 Å². The zero-order valence-corrected chi connectivity index (χ0v) is 14.1. The highest BCUT2D eigenvalue weighted by Crippen LogP contribution is 2.23. The highest BCUT2D eigenvalue weighted by Gasteiger charge is 2.10. The lowest BCUT2D eigenvalue weighted by atomic mass is 10.2. The second-order valence-corrected chi connectivity index (χ2v) is 6.44. The van der Waals surface area contributed by atoms with Gasteiger partial charge in [0.1, 0.15) is 5.01 Å². The van der Waals surface area contributed by atoms with Crippen molar-refractivity contribution in [2.75, 3.05) is 0 Å². The molecule has 23 heavy (non-hydrogen) atoms. The van der Waals surface area contributed by atoms with Crippen LogP contribution in [0.3, 0.4) is 0 Å². The predicted octanol–water partition coefficient (Wildman–Crippen LogP) is 4.44. The van der Waals surface area contributed by atoms with E-state index in [4.69, 9.17) is 23.2 Å². The zero-order valence-electron chi connectivity index (χ0n) is 11.8. The Morgan fingerprint density at radius 3 is 2.83 bits per heavy atom. The summed E-state index contributed by atoms with van der Waals surface area (Å²) >= 11 is 13.2. The Morgan fingerprint density at radius 2 is 2.09 bits per heavy atom. The van der Waals surface area contributed by atoms with Gasteiger partial charge in [0, 0.05) is 28.9 Å². The zero-order chi connectivity index (χ0) is 16.2. The molecule has 0 aliphatic carbocycles. The summed E-state index contributed by atoms with van der Waals surface area (Å²) in [6.07, 6.45) is 3.47. The van der Waals surface area contributed by atoms with Gasteiger partial charge in [-0.2, -0.15) is 0 Å². The van der Waals surface area contributed by atoms with Crippen LogP contribution in [0.1, 0.15) is 15.4 Å². The minimum atomic E-state index is -0.221. The number of rotatable bonds is 4. The summed E-state index contributed by atoms with van der Waals surface area (Å²) < 4.78 is 0. The van der Waals surface area contributed by atoms with E-state index in [9.17, 15) is 4.79 Å². The Hall–Kier alpha value is -1.95. The Morgan fingerprint density at radius 1 is 1.22 bits per heavy atom. The molecule has 1 amide bonds. The first-order chi connectivity index (χ1) is 11.1. The molecule has 0 atom stereocenters. The van der Waals surface area contributed by atoms with E-state index in [1.165, 1.54) is 11.3 Å². The largest absolute Gasteiger partial charge is 0.346 e. The molecule has 0 unspecified atom stereocenters. The average molecular weight is 364 g/mol. The number of aromatic nitrogens is 2. The average Bonchev–Trinajstić information content (AvgIpc) is 3.05. The maximum atomic E-state index is 12.1. The summed E-state index contributed by atoms with van der Waals surface area (Å²) in [6.45, 7) is 0.351. The maximum absolute atomic E-state index is 12.1. The number of nitrogens with one attached hydrogen (secondary N) is 1. The number of hydrogen-bond acceptors (Lipinski definition) is 4. The van der Waals surface area contributed by atoms with Crippen LogP contribution in [-0.4, -0.2) is 15.9 Å². The molecule has 0 saturated carbocycles. The second kappa shape index (κ2) is 7.08. The maximum Gasteiger partial charge on any atom is 0.251 e. The number of hydrogen-bond donors (Lipinski definition) is 1. The Kier molecular flexibility index (Phi) is 4.91. The summed E-state index contributed by atoms with van der Waals surface area (Å²) in [5.41, 5.74) is 2.26. The van der Waals surface area contributed by atoms with E-state index in [0.717, 1.165) is 16.3 Å². The molecular weight excluding hydrogens is 353 g/mol. The molecular formula is C16H11Cl2N3OS. The fraction of sp³-hybridized carbons (Fsp3) is 0.0625. The van der Waals surface area contributed by atoms with Gasteiger partial charge in [-0.15, -0.1) is 11.3 Å². The molecule has 0 bridgehead atoms. The van der Waals surface area contributed by atoms with Crippen molar-refractivity contribution in [3.8, 4) is 11.3 Å². The SMILES string of the molecule is O=C(NCc1nc(-c2cccnc2)cs1)c1ccc(Cl)c(Cl)c1. The lowest BCUT2D eigenvalue weighted by Crippen LogP contribution is -2.22. The number of benzene rings is 1. The van der Waals surface area contributed by atoms with E-state index in [1.807, 2.05) is 17.5 Å².